The van der Waals surface area contributed by atoms with Gasteiger partial charge in [-0.3, -0.25) is 0 Å². The predicted molar refractivity (Wildman–Crippen MR) is 60.5 cm³/mol. The first-order valence-corrected chi connectivity index (χ1v) is 5.22. The zero-order valence-electron chi connectivity index (χ0n) is 8.39. The fourth-order valence-corrected chi connectivity index (χ4v) is 1.45. The smallest absolute Gasteiger partial charge is 0.126 e. The number of nitrogens with zero attached hydrogens (tertiary/aromatic N) is 1. The van der Waals surface area contributed by atoms with Crippen LogP contribution in [0.1, 0.15) is 18.9 Å². The molecule has 0 bridgehead atoms. The molecular formula is C10H16ClN3. The molecule has 0 saturated heterocycles. The fourth-order valence-electron chi connectivity index (χ4n) is 1.27. The van der Waals surface area contributed by atoms with E-state index in [1.165, 1.54) is 0 Å². The monoisotopic (exact) mass is 213 g/mol. The van der Waals surface area contributed by atoms with Gasteiger partial charge < -0.3 is 11.1 Å². The first-order valence-electron chi connectivity index (χ1n) is 4.84. The average molecular weight is 214 g/mol. The van der Waals surface area contributed by atoms with Gasteiger partial charge >= 0.3 is 0 Å². The lowest BCUT2D eigenvalue weighted by Gasteiger charge is -2.05. The highest BCUT2D eigenvalue weighted by atomic mass is 35.5. The van der Waals surface area contributed by atoms with Crippen molar-refractivity contribution in [1.82, 2.24) is 10.3 Å². The number of rotatable bonds is 5. The molecule has 0 amide bonds. The van der Waals surface area contributed by atoms with Gasteiger partial charge in [0.25, 0.3) is 0 Å². The van der Waals surface area contributed by atoms with Crippen LogP contribution in [0, 0.1) is 0 Å². The summed E-state index contributed by atoms with van der Waals surface area (Å²) in [6.07, 6.45) is 3.55. The Labute approximate surface area is 89.7 Å². The summed E-state index contributed by atoms with van der Waals surface area (Å²) < 4.78 is 0. The lowest BCUT2D eigenvalue weighted by molar-refractivity contribution is 0.672. The Morgan fingerprint density at radius 2 is 2.36 bits per heavy atom. The summed E-state index contributed by atoms with van der Waals surface area (Å²) in [6.45, 7) is 4.10. The van der Waals surface area contributed by atoms with Gasteiger partial charge in [-0.15, -0.1) is 0 Å². The number of halogens is 1. The third-order valence-electron chi connectivity index (χ3n) is 2.02. The molecule has 3 N–H and O–H groups in total. The SMILES string of the molecule is CCNCCCc1cc(Cl)cnc1N. The number of hydrogen-bond donors (Lipinski definition) is 2. The maximum Gasteiger partial charge on any atom is 0.126 e. The van der Waals surface area contributed by atoms with Gasteiger partial charge in [-0.1, -0.05) is 18.5 Å². The van der Waals surface area contributed by atoms with Gasteiger partial charge in [0, 0.05) is 6.20 Å². The molecule has 0 aliphatic heterocycles. The third kappa shape index (κ3) is 3.52. The van der Waals surface area contributed by atoms with Crippen molar-refractivity contribution in [1.29, 1.82) is 0 Å². The van der Waals surface area contributed by atoms with E-state index < -0.39 is 0 Å². The van der Waals surface area contributed by atoms with Gasteiger partial charge in [0.15, 0.2) is 0 Å². The molecule has 0 fully saturated rings. The average Bonchev–Trinajstić information content (AvgIpc) is 2.18. The first-order chi connectivity index (χ1) is 6.74. The van der Waals surface area contributed by atoms with E-state index >= 15 is 0 Å². The maximum atomic E-state index is 5.82. The highest BCUT2D eigenvalue weighted by molar-refractivity contribution is 6.30. The number of nitrogens with one attached hydrogen (secondary N) is 1. The normalized spacial score (nSPS) is 10.4. The van der Waals surface area contributed by atoms with Gasteiger partial charge in [0.05, 0.1) is 5.02 Å². The van der Waals surface area contributed by atoms with E-state index in [2.05, 4.69) is 17.2 Å². The van der Waals surface area contributed by atoms with E-state index in [9.17, 15) is 0 Å². The van der Waals surface area contributed by atoms with E-state index in [4.69, 9.17) is 17.3 Å². The summed E-state index contributed by atoms with van der Waals surface area (Å²) >= 11 is 5.82. The Kier molecular flexibility index (Phi) is 4.70. The summed E-state index contributed by atoms with van der Waals surface area (Å²) in [5, 5.41) is 3.91. The van der Waals surface area contributed by atoms with E-state index in [1.807, 2.05) is 6.07 Å². The van der Waals surface area contributed by atoms with E-state index in [1.54, 1.807) is 6.20 Å². The van der Waals surface area contributed by atoms with Crippen LogP contribution in [0.15, 0.2) is 12.3 Å². The highest BCUT2D eigenvalue weighted by Gasteiger charge is 2.00. The Bertz CT molecular complexity index is 289. The number of hydrogen-bond acceptors (Lipinski definition) is 3. The molecule has 1 heterocycles. The van der Waals surface area contributed by atoms with Gasteiger partial charge in [-0.05, 0) is 37.6 Å². The first kappa shape index (κ1) is 11.3. The Hall–Kier alpha value is -0.800. The summed E-state index contributed by atoms with van der Waals surface area (Å²) in [6, 6.07) is 1.88. The highest BCUT2D eigenvalue weighted by Crippen LogP contribution is 2.15. The van der Waals surface area contributed by atoms with Crippen molar-refractivity contribution in [2.75, 3.05) is 18.8 Å². The van der Waals surface area contributed by atoms with Crippen LogP contribution in [-0.2, 0) is 6.42 Å². The molecule has 1 rings (SSSR count). The molecule has 1 aromatic rings. The molecule has 14 heavy (non-hydrogen) atoms. The standard InChI is InChI=1S/C10H16ClN3/c1-2-13-5-3-4-8-6-9(11)7-14-10(8)12/h6-7,13H,2-5H2,1H3,(H2,12,14). The second-order valence-electron chi connectivity index (χ2n) is 3.16. The topological polar surface area (TPSA) is 50.9 Å². The second-order valence-corrected chi connectivity index (χ2v) is 3.59. The Morgan fingerprint density at radius 3 is 3.07 bits per heavy atom. The van der Waals surface area contributed by atoms with Crippen molar-refractivity contribution in [2.45, 2.75) is 19.8 Å². The number of nitrogen functional groups attached to an aromatic ring is 1. The van der Waals surface area contributed by atoms with Crippen molar-refractivity contribution < 1.29 is 0 Å². The van der Waals surface area contributed by atoms with Crippen LogP contribution in [-0.4, -0.2) is 18.1 Å². The summed E-state index contributed by atoms with van der Waals surface area (Å²) in [7, 11) is 0. The molecular weight excluding hydrogens is 198 g/mol. The summed E-state index contributed by atoms with van der Waals surface area (Å²) in [5.74, 6) is 0.589. The van der Waals surface area contributed by atoms with Crippen LogP contribution in [0.3, 0.4) is 0 Å². The van der Waals surface area contributed by atoms with Crippen molar-refractivity contribution >= 4 is 17.4 Å². The number of nitrogens with two attached hydrogens (primary N) is 1. The van der Waals surface area contributed by atoms with Crippen molar-refractivity contribution in [3.05, 3.63) is 22.8 Å². The van der Waals surface area contributed by atoms with Crippen LogP contribution >= 0.6 is 11.6 Å². The van der Waals surface area contributed by atoms with Gasteiger partial charge in [-0.25, -0.2) is 4.98 Å². The van der Waals surface area contributed by atoms with Crippen molar-refractivity contribution in [3.8, 4) is 0 Å². The zero-order chi connectivity index (χ0) is 10.4. The molecule has 3 nitrogen and oxygen atoms in total. The largest absolute Gasteiger partial charge is 0.383 e. The van der Waals surface area contributed by atoms with Crippen LogP contribution in [0.4, 0.5) is 5.82 Å². The number of anilines is 1. The minimum absolute atomic E-state index is 0.589. The van der Waals surface area contributed by atoms with E-state index in [-0.39, 0.29) is 0 Å². The molecule has 0 radical (unpaired) electrons. The van der Waals surface area contributed by atoms with Crippen LogP contribution < -0.4 is 11.1 Å². The van der Waals surface area contributed by atoms with E-state index in [0.717, 1.165) is 31.5 Å². The molecule has 0 aliphatic rings. The van der Waals surface area contributed by atoms with Gasteiger partial charge in [0.2, 0.25) is 0 Å². The minimum Gasteiger partial charge on any atom is -0.383 e. The summed E-state index contributed by atoms with van der Waals surface area (Å²) in [4.78, 5) is 4.00. The lowest BCUT2D eigenvalue weighted by atomic mass is 10.1. The van der Waals surface area contributed by atoms with Crippen LogP contribution in [0.25, 0.3) is 0 Å². The maximum absolute atomic E-state index is 5.82. The minimum atomic E-state index is 0.589. The van der Waals surface area contributed by atoms with Crippen molar-refractivity contribution in [3.63, 3.8) is 0 Å². The third-order valence-corrected chi connectivity index (χ3v) is 2.22. The molecule has 0 aromatic carbocycles. The summed E-state index contributed by atoms with van der Waals surface area (Å²) in [5.41, 5.74) is 6.75. The molecule has 78 valence electrons. The van der Waals surface area contributed by atoms with E-state index in [0.29, 0.717) is 10.8 Å². The number of pyridine rings is 1. The Morgan fingerprint density at radius 1 is 1.57 bits per heavy atom. The Balaban J connectivity index is 2.45. The molecule has 0 aliphatic carbocycles. The van der Waals surface area contributed by atoms with Crippen LogP contribution in [0.2, 0.25) is 5.02 Å². The predicted octanol–water partition coefficient (Wildman–Crippen LogP) is 1.86. The van der Waals surface area contributed by atoms with Crippen LogP contribution in [0.5, 0.6) is 0 Å². The quantitative estimate of drug-likeness (QED) is 0.735. The van der Waals surface area contributed by atoms with Crippen molar-refractivity contribution in [2.24, 2.45) is 0 Å². The molecule has 0 spiro atoms. The molecule has 0 saturated carbocycles. The molecule has 0 unspecified atom stereocenters. The fraction of sp³-hybridized carbons (Fsp3) is 0.500. The molecule has 4 heteroatoms. The second kappa shape index (κ2) is 5.83. The zero-order valence-corrected chi connectivity index (χ0v) is 9.14. The number of aromatic nitrogens is 1. The van der Waals surface area contributed by atoms with Gasteiger partial charge in [0.1, 0.15) is 5.82 Å². The number of aryl methyl sites for hydroxylation is 1. The molecule has 0 atom stereocenters. The van der Waals surface area contributed by atoms with Gasteiger partial charge in [-0.2, -0.15) is 0 Å². The molecule has 1 aromatic heterocycles. The lowest BCUT2D eigenvalue weighted by Crippen LogP contribution is -2.14.